The maximum Gasteiger partial charge on any atom is 0.357 e. The lowest BCUT2D eigenvalue weighted by Crippen LogP contribution is -2.25. The topological polar surface area (TPSA) is 121 Å². The first-order chi connectivity index (χ1) is 12.4. The van der Waals surface area contributed by atoms with Crippen LogP contribution in [0.25, 0.3) is 12.2 Å². The van der Waals surface area contributed by atoms with Crippen molar-refractivity contribution in [2.75, 3.05) is 25.1 Å². The number of benzene rings is 1. The second kappa shape index (κ2) is 8.15. The van der Waals surface area contributed by atoms with Gasteiger partial charge in [-0.2, -0.15) is 0 Å². The molecule has 138 valence electrons. The molecule has 1 aromatic carbocycles. The highest BCUT2D eigenvalue weighted by Gasteiger charge is 2.19. The minimum absolute atomic E-state index is 0.182. The summed E-state index contributed by atoms with van der Waals surface area (Å²) in [6.45, 7) is 5.78. The zero-order chi connectivity index (χ0) is 19.3. The molecule has 2 aromatic rings. The fourth-order valence-electron chi connectivity index (χ4n) is 2.60. The summed E-state index contributed by atoms with van der Waals surface area (Å²) >= 11 is 0. The van der Waals surface area contributed by atoms with Gasteiger partial charge in [-0.3, -0.25) is 19.9 Å². The molecule has 0 aliphatic rings. The number of aromatic amines is 2. The molecule has 9 heteroatoms. The molecule has 0 radical (unpaired) electrons. The summed E-state index contributed by atoms with van der Waals surface area (Å²) in [6, 6.07) is 5.58. The minimum Gasteiger partial charge on any atom is -0.496 e. The highest BCUT2D eigenvalue weighted by Crippen LogP contribution is 2.27. The summed E-state index contributed by atoms with van der Waals surface area (Å²) in [7, 11) is 1.52. The van der Waals surface area contributed by atoms with E-state index in [1.165, 1.54) is 13.2 Å². The average molecular weight is 360 g/mol. The molecule has 0 aliphatic carbocycles. The zero-order valence-electron chi connectivity index (χ0n) is 14.7. The van der Waals surface area contributed by atoms with Crippen LogP contribution in [0.2, 0.25) is 0 Å². The van der Waals surface area contributed by atoms with E-state index in [0.717, 1.165) is 18.8 Å². The van der Waals surface area contributed by atoms with Crippen LogP contribution in [0.1, 0.15) is 25.1 Å². The van der Waals surface area contributed by atoms with Gasteiger partial charge in [0, 0.05) is 30.4 Å². The third kappa shape index (κ3) is 4.00. The van der Waals surface area contributed by atoms with Gasteiger partial charge in [0.25, 0.3) is 0 Å². The maximum atomic E-state index is 11.6. The molecule has 0 aliphatic heterocycles. The van der Waals surface area contributed by atoms with Gasteiger partial charge >= 0.3 is 16.9 Å². The Morgan fingerprint density at radius 1 is 1.19 bits per heavy atom. The molecule has 0 saturated heterocycles. The Bertz CT molecular complexity index is 941. The number of methoxy groups -OCH3 is 1. The number of nitrogens with one attached hydrogen (secondary N) is 2. The third-order valence-electron chi connectivity index (χ3n) is 3.90. The molecule has 0 saturated carbocycles. The Kier molecular flexibility index (Phi) is 5.94. The van der Waals surface area contributed by atoms with E-state index >= 15 is 0 Å². The maximum absolute atomic E-state index is 11.6. The van der Waals surface area contributed by atoms with E-state index in [2.05, 4.69) is 9.88 Å². The van der Waals surface area contributed by atoms with Crippen LogP contribution in [0.3, 0.4) is 0 Å². The molecule has 9 nitrogen and oxygen atoms in total. The first kappa shape index (κ1) is 19.0. The summed E-state index contributed by atoms with van der Waals surface area (Å²) in [6.07, 6.45) is 2.85. The van der Waals surface area contributed by atoms with Gasteiger partial charge in [-0.25, -0.2) is 4.79 Å². The third-order valence-corrected chi connectivity index (χ3v) is 3.90. The lowest BCUT2D eigenvalue weighted by atomic mass is 10.1. The summed E-state index contributed by atoms with van der Waals surface area (Å²) in [5, 5.41) is 11.1. The van der Waals surface area contributed by atoms with E-state index in [4.69, 9.17) is 4.74 Å². The van der Waals surface area contributed by atoms with Gasteiger partial charge in [0.1, 0.15) is 11.4 Å². The number of H-pyrrole nitrogens is 2. The number of nitrogens with zero attached hydrogens (tertiary/aromatic N) is 2. The monoisotopic (exact) mass is 360 g/mol. The van der Waals surface area contributed by atoms with E-state index in [-0.39, 0.29) is 5.69 Å². The number of hydrogen-bond acceptors (Lipinski definition) is 6. The lowest BCUT2D eigenvalue weighted by Gasteiger charge is -2.22. The number of anilines is 1. The van der Waals surface area contributed by atoms with Crippen molar-refractivity contribution in [3.8, 4) is 5.75 Å². The Hall–Kier alpha value is -3.36. The van der Waals surface area contributed by atoms with E-state index in [1.807, 2.05) is 31.0 Å². The van der Waals surface area contributed by atoms with Crippen molar-refractivity contribution in [2.24, 2.45) is 0 Å². The van der Waals surface area contributed by atoms with Crippen LogP contribution in [0, 0.1) is 10.1 Å². The van der Waals surface area contributed by atoms with Crippen molar-refractivity contribution < 1.29 is 9.66 Å². The Balaban J connectivity index is 2.47. The SMILES string of the molecule is CCN(CC)c1ccc(/C=C/c2[nH]c(=O)[nH]c(=O)c2[N+](=O)[O-])c(OC)c1. The van der Waals surface area contributed by atoms with Crippen molar-refractivity contribution in [3.05, 3.63) is 60.4 Å². The standard InChI is InChI=1S/C17H20N4O5/c1-4-20(5-2)12-8-6-11(14(10-12)26-3)7-9-13-15(21(24)25)16(22)19-17(23)18-13/h6-10H,4-5H2,1-3H3,(H2,18,19,22,23)/b9-7+. The van der Waals surface area contributed by atoms with Gasteiger partial charge in [0.15, 0.2) is 0 Å². The number of hydrogen-bond donors (Lipinski definition) is 2. The number of rotatable bonds is 7. The van der Waals surface area contributed by atoms with Crippen LogP contribution in [0.4, 0.5) is 11.4 Å². The average Bonchev–Trinajstić information content (AvgIpc) is 2.60. The predicted molar refractivity (Wildman–Crippen MR) is 99.8 cm³/mol. The van der Waals surface area contributed by atoms with Gasteiger partial charge in [-0.05, 0) is 38.1 Å². The van der Waals surface area contributed by atoms with Crippen molar-refractivity contribution >= 4 is 23.5 Å². The van der Waals surface area contributed by atoms with Crippen LogP contribution < -0.4 is 20.9 Å². The summed E-state index contributed by atoms with van der Waals surface area (Å²) in [4.78, 5) is 39.5. The van der Waals surface area contributed by atoms with Gasteiger partial charge in [0.05, 0.1) is 12.0 Å². The van der Waals surface area contributed by atoms with Crippen molar-refractivity contribution in [1.29, 1.82) is 0 Å². The lowest BCUT2D eigenvalue weighted by molar-refractivity contribution is -0.386. The number of nitro groups is 1. The molecule has 1 heterocycles. The molecule has 0 fully saturated rings. The fourth-order valence-corrected chi connectivity index (χ4v) is 2.60. The van der Waals surface area contributed by atoms with Crippen molar-refractivity contribution in [1.82, 2.24) is 9.97 Å². The molecule has 26 heavy (non-hydrogen) atoms. The summed E-state index contributed by atoms with van der Waals surface area (Å²) < 4.78 is 5.39. The van der Waals surface area contributed by atoms with Crippen LogP contribution >= 0.6 is 0 Å². The molecular formula is C17H20N4O5. The second-order valence-electron chi connectivity index (χ2n) is 5.36. The normalized spacial score (nSPS) is 10.9. The van der Waals surface area contributed by atoms with Crippen molar-refractivity contribution in [2.45, 2.75) is 13.8 Å². The minimum atomic E-state index is -1.05. The Morgan fingerprint density at radius 3 is 2.46 bits per heavy atom. The van der Waals surface area contributed by atoms with E-state index in [0.29, 0.717) is 11.3 Å². The molecule has 0 amide bonds. The summed E-state index contributed by atoms with van der Waals surface area (Å²) in [5.74, 6) is 0.570. The van der Waals surface area contributed by atoms with Gasteiger partial charge in [-0.1, -0.05) is 0 Å². The van der Waals surface area contributed by atoms with Crippen molar-refractivity contribution in [3.63, 3.8) is 0 Å². The molecule has 2 N–H and O–H groups in total. The Morgan fingerprint density at radius 2 is 1.88 bits per heavy atom. The first-order valence-corrected chi connectivity index (χ1v) is 8.03. The van der Waals surface area contributed by atoms with E-state index < -0.39 is 21.9 Å². The molecule has 0 spiro atoms. The molecule has 0 bridgehead atoms. The van der Waals surface area contributed by atoms with Crippen LogP contribution in [0.15, 0.2) is 27.8 Å². The van der Waals surface area contributed by atoms with Gasteiger partial charge in [-0.15, -0.1) is 0 Å². The number of ether oxygens (including phenoxy) is 1. The summed E-state index contributed by atoms with van der Waals surface area (Å²) in [5.41, 5.74) is -1.14. The van der Waals surface area contributed by atoms with Crippen LogP contribution in [-0.4, -0.2) is 35.1 Å². The molecule has 1 aromatic heterocycles. The fraction of sp³-hybridized carbons (Fsp3) is 0.294. The second-order valence-corrected chi connectivity index (χ2v) is 5.36. The highest BCUT2D eigenvalue weighted by atomic mass is 16.6. The molecular weight excluding hydrogens is 340 g/mol. The highest BCUT2D eigenvalue weighted by molar-refractivity contribution is 5.75. The van der Waals surface area contributed by atoms with E-state index in [9.17, 15) is 19.7 Å². The zero-order valence-corrected chi connectivity index (χ0v) is 14.7. The smallest absolute Gasteiger partial charge is 0.357 e. The van der Waals surface area contributed by atoms with Gasteiger partial charge < -0.3 is 14.6 Å². The van der Waals surface area contributed by atoms with Crippen LogP contribution in [0.5, 0.6) is 5.75 Å². The van der Waals surface area contributed by atoms with Crippen LogP contribution in [-0.2, 0) is 0 Å². The quantitative estimate of drug-likeness (QED) is 0.575. The largest absolute Gasteiger partial charge is 0.496 e. The number of aromatic nitrogens is 2. The molecule has 2 rings (SSSR count). The van der Waals surface area contributed by atoms with Gasteiger partial charge in [0.2, 0.25) is 0 Å². The molecule has 0 unspecified atom stereocenters. The first-order valence-electron chi connectivity index (χ1n) is 8.03. The molecule has 0 atom stereocenters. The Labute approximate surface area is 149 Å². The van der Waals surface area contributed by atoms with E-state index in [1.54, 1.807) is 12.1 Å². The predicted octanol–water partition coefficient (Wildman–Crippen LogP) is 2.00.